The van der Waals surface area contributed by atoms with Crippen LogP contribution in [0.5, 0.6) is 5.75 Å². The van der Waals surface area contributed by atoms with Crippen LogP contribution in [-0.2, 0) is 11.3 Å². The first-order chi connectivity index (χ1) is 14.6. The lowest BCUT2D eigenvalue weighted by Gasteiger charge is -2.26. The summed E-state index contributed by atoms with van der Waals surface area (Å²) >= 11 is 0. The Morgan fingerprint density at radius 1 is 1.17 bits per heavy atom. The summed E-state index contributed by atoms with van der Waals surface area (Å²) in [5.41, 5.74) is 3.12. The standard InChI is InChI=1S/C24H32N4O2/c1-4-25-24(26-14-18-9-5-8-12-22(18)30-16-17(2)3)27-15-19-13-23(29)28-21-11-7-6-10-20(19)21/h5-12,17,19H,4,13-16H2,1-3H3,(H,28,29)(H2,25,26,27). The quantitative estimate of drug-likeness (QED) is 0.457. The first kappa shape index (κ1) is 21.7. The fourth-order valence-corrected chi connectivity index (χ4v) is 3.44. The van der Waals surface area contributed by atoms with E-state index < -0.39 is 0 Å². The van der Waals surface area contributed by atoms with Gasteiger partial charge in [0.2, 0.25) is 5.91 Å². The molecule has 1 aliphatic heterocycles. The number of carbonyl (C=O) groups excluding carboxylic acids is 1. The van der Waals surface area contributed by atoms with Gasteiger partial charge in [-0.05, 0) is 30.5 Å². The Hall–Kier alpha value is -3.02. The molecule has 0 aliphatic carbocycles. The Kier molecular flexibility index (Phi) is 7.71. The van der Waals surface area contributed by atoms with Gasteiger partial charge in [-0.15, -0.1) is 0 Å². The van der Waals surface area contributed by atoms with Gasteiger partial charge in [-0.3, -0.25) is 4.79 Å². The van der Waals surface area contributed by atoms with Crippen LogP contribution in [0.15, 0.2) is 53.5 Å². The first-order valence-electron chi connectivity index (χ1n) is 10.7. The second-order valence-corrected chi connectivity index (χ2v) is 7.93. The SMILES string of the molecule is CCNC(=NCc1ccccc1OCC(C)C)NCC1CC(=O)Nc2ccccc21. The predicted octanol–water partition coefficient (Wildman–Crippen LogP) is 3.90. The van der Waals surface area contributed by atoms with Gasteiger partial charge in [-0.2, -0.15) is 0 Å². The van der Waals surface area contributed by atoms with Crippen molar-refractivity contribution in [2.24, 2.45) is 10.9 Å². The smallest absolute Gasteiger partial charge is 0.225 e. The molecule has 0 bridgehead atoms. The molecule has 2 aromatic carbocycles. The van der Waals surface area contributed by atoms with E-state index in [1.807, 2.05) is 49.4 Å². The molecule has 0 saturated carbocycles. The van der Waals surface area contributed by atoms with Crippen molar-refractivity contribution in [2.45, 2.75) is 39.7 Å². The van der Waals surface area contributed by atoms with Gasteiger partial charge in [-0.25, -0.2) is 4.99 Å². The molecule has 0 radical (unpaired) electrons. The average Bonchev–Trinajstić information content (AvgIpc) is 2.74. The van der Waals surface area contributed by atoms with Gasteiger partial charge < -0.3 is 20.7 Å². The number of fused-ring (bicyclic) bond motifs is 1. The second kappa shape index (κ2) is 10.7. The number of anilines is 1. The van der Waals surface area contributed by atoms with E-state index in [1.165, 1.54) is 0 Å². The number of ether oxygens (including phenoxy) is 1. The second-order valence-electron chi connectivity index (χ2n) is 7.93. The highest BCUT2D eigenvalue weighted by Crippen LogP contribution is 2.31. The van der Waals surface area contributed by atoms with Crippen molar-refractivity contribution in [3.8, 4) is 5.75 Å². The van der Waals surface area contributed by atoms with Gasteiger partial charge in [0.05, 0.1) is 13.2 Å². The van der Waals surface area contributed by atoms with Crippen molar-refractivity contribution in [2.75, 3.05) is 25.0 Å². The third kappa shape index (κ3) is 5.99. The fourth-order valence-electron chi connectivity index (χ4n) is 3.44. The molecule has 0 spiro atoms. The minimum atomic E-state index is 0.0543. The summed E-state index contributed by atoms with van der Waals surface area (Å²) in [6, 6.07) is 16.0. The summed E-state index contributed by atoms with van der Waals surface area (Å²) in [5, 5.41) is 9.65. The highest BCUT2D eigenvalue weighted by Gasteiger charge is 2.24. The maximum atomic E-state index is 12.1. The lowest BCUT2D eigenvalue weighted by Crippen LogP contribution is -2.40. The zero-order valence-electron chi connectivity index (χ0n) is 18.1. The molecule has 1 atom stereocenters. The monoisotopic (exact) mass is 408 g/mol. The highest BCUT2D eigenvalue weighted by atomic mass is 16.5. The van der Waals surface area contributed by atoms with E-state index >= 15 is 0 Å². The number of carbonyl (C=O) groups is 1. The largest absolute Gasteiger partial charge is 0.493 e. The Morgan fingerprint density at radius 2 is 1.93 bits per heavy atom. The molecule has 6 heteroatoms. The molecular weight excluding hydrogens is 376 g/mol. The van der Waals surface area contributed by atoms with Crippen LogP contribution in [-0.4, -0.2) is 31.6 Å². The summed E-state index contributed by atoms with van der Waals surface area (Å²) in [4.78, 5) is 16.8. The van der Waals surface area contributed by atoms with Gasteiger partial charge in [0.1, 0.15) is 5.75 Å². The van der Waals surface area contributed by atoms with Crippen molar-refractivity contribution in [1.29, 1.82) is 0 Å². The number of amides is 1. The number of hydrogen-bond donors (Lipinski definition) is 3. The van der Waals surface area contributed by atoms with E-state index in [0.717, 1.165) is 35.1 Å². The van der Waals surface area contributed by atoms with Crippen LogP contribution in [0, 0.1) is 5.92 Å². The minimum Gasteiger partial charge on any atom is -0.493 e. The van der Waals surface area contributed by atoms with Crippen molar-refractivity contribution in [3.05, 3.63) is 59.7 Å². The zero-order chi connectivity index (χ0) is 21.3. The topological polar surface area (TPSA) is 74.8 Å². The van der Waals surface area contributed by atoms with E-state index in [4.69, 9.17) is 9.73 Å². The highest BCUT2D eigenvalue weighted by molar-refractivity contribution is 5.94. The van der Waals surface area contributed by atoms with Gasteiger partial charge in [0.25, 0.3) is 0 Å². The number of guanidine groups is 1. The molecule has 1 unspecified atom stereocenters. The van der Waals surface area contributed by atoms with E-state index in [2.05, 4.69) is 35.9 Å². The number of rotatable bonds is 8. The third-order valence-electron chi connectivity index (χ3n) is 4.92. The summed E-state index contributed by atoms with van der Waals surface area (Å²) < 4.78 is 5.94. The van der Waals surface area contributed by atoms with Crippen molar-refractivity contribution in [1.82, 2.24) is 10.6 Å². The van der Waals surface area contributed by atoms with Crippen LogP contribution in [0.2, 0.25) is 0 Å². The maximum Gasteiger partial charge on any atom is 0.225 e. The van der Waals surface area contributed by atoms with Gasteiger partial charge in [0, 0.05) is 36.7 Å². The first-order valence-corrected chi connectivity index (χ1v) is 10.7. The summed E-state index contributed by atoms with van der Waals surface area (Å²) in [5.74, 6) is 2.25. The summed E-state index contributed by atoms with van der Waals surface area (Å²) in [6.45, 7) is 8.92. The Labute approximate surface area is 179 Å². The molecule has 160 valence electrons. The maximum absolute atomic E-state index is 12.1. The minimum absolute atomic E-state index is 0.0543. The molecule has 3 rings (SSSR count). The Morgan fingerprint density at radius 3 is 2.73 bits per heavy atom. The van der Waals surface area contributed by atoms with E-state index in [1.54, 1.807) is 0 Å². The lowest BCUT2D eigenvalue weighted by molar-refractivity contribution is -0.116. The van der Waals surface area contributed by atoms with Crippen LogP contribution in [0.4, 0.5) is 5.69 Å². The molecule has 1 aliphatic rings. The van der Waals surface area contributed by atoms with Gasteiger partial charge in [-0.1, -0.05) is 50.2 Å². The Balaban J connectivity index is 1.67. The van der Waals surface area contributed by atoms with Crippen LogP contribution in [0.25, 0.3) is 0 Å². The van der Waals surface area contributed by atoms with Gasteiger partial charge >= 0.3 is 0 Å². The molecular formula is C24H32N4O2. The molecule has 30 heavy (non-hydrogen) atoms. The Bertz CT molecular complexity index is 879. The molecule has 6 nitrogen and oxygen atoms in total. The van der Waals surface area contributed by atoms with E-state index in [-0.39, 0.29) is 11.8 Å². The number of nitrogens with one attached hydrogen (secondary N) is 3. The third-order valence-corrected chi connectivity index (χ3v) is 4.92. The van der Waals surface area contributed by atoms with E-state index in [0.29, 0.717) is 32.0 Å². The number of hydrogen-bond acceptors (Lipinski definition) is 3. The van der Waals surface area contributed by atoms with Crippen LogP contribution in [0.3, 0.4) is 0 Å². The van der Waals surface area contributed by atoms with Crippen LogP contribution >= 0.6 is 0 Å². The number of nitrogens with zero attached hydrogens (tertiary/aromatic N) is 1. The molecule has 3 N–H and O–H groups in total. The molecule has 2 aromatic rings. The zero-order valence-corrected chi connectivity index (χ0v) is 18.1. The number of para-hydroxylation sites is 2. The number of benzene rings is 2. The molecule has 0 aromatic heterocycles. The molecule has 0 fully saturated rings. The summed E-state index contributed by atoms with van der Waals surface area (Å²) in [6.07, 6.45) is 0.468. The fraction of sp³-hybridized carbons (Fsp3) is 0.417. The summed E-state index contributed by atoms with van der Waals surface area (Å²) in [7, 11) is 0. The van der Waals surface area contributed by atoms with E-state index in [9.17, 15) is 4.79 Å². The normalized spacial score (nSPS) is 16.1. The van der Waals surface area contributed by atoms with Crippen LogP contribution in [0.1, 0.15) is 44.2 Å². The lowest BCUT2D eigenvalue weighted by atomic mass is 9.90. The van der Waals surface area contributed by atoms with Gasteiger partial charge in [0.15, 0.2) is 5.96 Å². The average molecular weight is 409 g/mol. The van der Waals surface area contributed by atoms with Crippen molar-refractivity contribution in [3.63, 3.8) is 0 Å². The number of aliphatic imine (C=N–C) groups is 1. The molecule has 1 amide bonds. The van der Waals surface area contributed by atoms with Crippen molar-refractivity contribution >= 4 is 17.6 Å². The van der Waals surface area contributed by atoms with Crippen LogP contribution < -0.4 is 20.7 Å². The predicted molar refractivity (Wildman–Crippen MR) is 122 cm³/mol. The molecule has 1 heterocycles. The molecule has 0 saturated heterocycles. The van der Waals surface area contributed by atoms with Crippen molar-refractivity contribution < 1.29 is 9.53 Å².